The Morgan fingerprint density at radius 3 is 2.64 bits per heavy atom. The van der Waals surface area contributed by atoms with Crippen LogP contribution < -0.4 is 10.6 Å². The second-order valence-electron chi connectivity index (χ2n) is 6.59. The van der Waals surface area contributed by atoms with Crippen LogP contribution in [0.1, 0.15) is 24.1 Å². The number of nitrogens with zero attached hydrogens (tertiary/aromatic N) is 3. The maximum absolute atomic E-state index is 12.7. The number of urea groups is 1. The molecule has 4 rings (SSSR count). The maximum atomic E-state index is 12.7. The average molecular weight is 340 g/mol. The van der Waals surface area contributed by atoms with E-state index in [2.05, 4.69) is 30.5 Å². The number of hydrogen-bond donors (Lipinski definition) is 3. The number of piperidine rings is 1. The van der Waals surface area contributed by atoms with E-state index in [1.165, 1.54) is 0 Å². The monoisotopic (exact) mass is 340 g/mol. The third-order valence-corrected chi connectivity index (χ3v) is 5.16. The van der Waals surface area contributed by atoms with Gasteiger partial charge in [0, 0.05) is 36.4 Å². The quantitative estimate of drug-likeness (QED) is 0.713. The number of hydrogen-bond acceptors (Lipinski definition) is 5. The fraction of sp³-hybridized carbons (Fsp3) is 0.412. The lowest BCUT2D eigenvalue weighted by Gasteiger charge is -2.40. The van der Waals surface area contributed by atoms with E-state index < -0.39 is 11.6 Å². The molecule has 2 aromatic rings. The lowest BCUT2D eigenvalue weighted by atomic mass is 9.73. The van der Waals surface area contributed by atoms with Crippen LogP contribution >= 0.6 is 0 Å². The van der Waals surface area contributed by atoms with E-state index in [-0.39, 0.29) is 11.8 Å². The van der Waals surface area contributed by atoms with Crippen LogP contribution in [0.4, 0.5) is 4.79 Å². The molecule has 3 amide bonds. The number of pyridine rings is 1. The van der Waals surface area contributed by atoms with Gasteiger partial charge in [0.05, 0.1) is 6.33 Å². The first kappa shape index (κ1) is 15.8. The average Bonchev–Trinajstić information content (AvgIpc) is 3.24. The van der Waals surface area contributed by atoms with Crippen molar-refractivity contribution in [2.45, 2.75) is 24.9 Å². The molecule has 0 saturated carbocycles. The standard InChI is InChI=1S/C17H20N6O2/c24-15-17(22-16(25)21-15,13-2-1-5-18-8-13)12-3-6-23(7-4-12)10-14-9-19-11-20-14/h1-2,5,8-9,11-12H,3-4,6-7,10H2,(H,19,20)(H2,21,22,24,25)/t17-/m1/s1. The minimum atomic E-state index is -1.02. The molecule has 4 heterocycles. The number of aromatic nitrogens is 3. The van der Waals surface area contributed by atoms with E-state index in [1.54, 1.807) is 24.8 Å². The molecule has 2 fully saturated rings. The normalized spacial score (nSPS) is 25.0. The van der Waals surface area contributed by atoms with Crippen LogP contribution in [-0.4, -0.2) is 44.9 Å². The first-order valence-corrected chi connectivity index (χ1v) is 8.42. The first-order chi connectivity index (χ1) is 12.2. The highest BCUT2D eigenvalue weighted by Crippen LogP contribution is 2.38. The molecule has 2 saturated heterocycles. The van der Waals surface area contributed by atoms with E-state index in [1.807, 2.05) is 12.3 Å². The van der Waals surface area contributed by atoms with E-state index in [4.69, 9.17) is 0 Å². The molecule has 2 aromatic heterocycles. The minimum Gasteiger partial charge on any atom is -0.347 e. The molecule has 0 spiro atoms. The highest BCUT2D eigenvalue weighted by molar-refractivity contribution is 6.07. The Bertz CT molecular complexity index is 755. The molecule has 8 heteroatoms. The molecule has 0 unspecified atom stereocenters. The van der Waals surface area contributed by atoms with Crippen LogP contribution in [0.3, 0.4) is 0 Å². The third kappa shape index (κ3) is 2.78. The molecule has 2 aliphatic heterocycles. The molecular formula is C17H20N6O2. The van der Waals surface area contributed by atoms with Crippen molar-refractivity contribution in [3.05, 3.63) is 48.3 Å². The largest absolute Gasteiger partial charge is 0.347 e. The zero-order valence-corrected chi connectivity index (χ0v) is 13.7. The molecule has 3 N–H and O–H groups in total. The molecular weight excluding hydrogens is 320 g/mol. The van der Waals surface area contributed by atoms with E-state index >= 15 is 0 Å². The molecule has 0 aliphatic carbocycles. The summed E-state index contributed by atoms with van der Waals surface area (Å²) in [5, 5.41) is 5.30. The second kappa shape index (κ2) is 6.29. The van der Waals surface area contributed by atoms with Gasteiger partial charge in [-0.25, -0.2) is 9.78 Å². The summed E-state index contributed by atoms with van der Waals surface area (Å²) in [6, 6.07) is 3.21. The predicted molar refractivity (Wildman–Crippen MR) is 89.2 cm³/mol. The molecule has 2 aliphatic rings. The van der Waals surface area contributed by atoms with Gasteiger partial charge >= 0.3 is 6.03 Å². The van der Waals surface area contributed by atoms with Crippen molar-refractivity contribution in [1.82, 2.24) is 30.5 Å². The molecule has 130 valence electrons. The number of imidazole rings is 1. The summed E-state index contributed by atoms with van der Waals surface area (Å²) in [6.07, 6.45) is 8.47. The van der Waals surface area contributed by atoms with Gasteiger partial charge in [-0.2, -0.15) is 0 Å². The smallest absolute Gasteiger partial charge is 0.322 e. The van der Waals surface area contributed by atoms with Crippen LogP contribution in [0, 0.1) is 5.92 Å². The molecule has 8 nitrogen and oxygen atoms in total. The van der Waals surface area contributed by atoms with Crippen molar-refractivity contribution >= 4 is 11.9 Å². The van der Waals surface area contributed by atoms with Crippen molar-refractivity contribution in [2.24, 2.45) is 5.92 Å². The van der Waals surface area contributed by atoms with Crippen LogP contribution in [0.15, 0.2) is 37.1 Å². The lowest BCUT2D eigenvalue weighted by Crippen LogP contribution is -2.53. The Labute approximate surface area is 145 Å². The lowest BCUT2D eigenvalue weighted by molar-refractivity contribution is -0.127. The summed E-state index contributed by atoms with van der Waals surface area (Å²) in [4.78, 5) is 38.2. The predicted octanol–water partition coefficient (Wildman–Crippen LogP) is 0.752. The van der Waals surface area contributed by atoms with Gasteiger partial charge in [-0.15, -0.1) is 0 Å². The van der Waals surface area contributed by atoms with Gasteiger partial charge in [-0.3, -0.25) is 20.0 Å². The highest BCUT2D eigenvalue weighted by atomic mass is 16.2. The Kier molecular flexibility index (Phi) is 3.96. The number of rotatable bonds is 4. The Morgan fingerprint density at radius 2 is 2.04 bits per heavy atom. The summed E-state index contributed by atoms with van der Waals surface area (Å²) in [6.45, 7) is 2.52. The van der Waals surface area contributed by atoms with Crippen molar-refractivity contribution in [1.29, 1.82) is 0 Å². The fourth-order valence-corrected chi connectivity index (χ4v) is 3.93. The Hall–Kier alpha value is -2.74. The van der Waals surface area contributed by atoms with E-state index in [9.17, 15) is 9.59 Å². The Morgan fingerprint density at radius 1 is 1.20 bits per heavy atom. The number of amides is 3. The number of nitrogens with one attached hydrogen (secondary N) is 3. The van der Waals surface area contributed by atoms with E-state index in [0.717, 1.165) is 43.7 Å². The topological polar surface area (TPSA) is 103 Å². The number of aromatic amines is 1. The van der Waals surface area contributed by atoms with Gasteiger partial charge < -0.3 is 10.3 Å². The first-order valence-electron chi connectivity index (χ1n) is 8.42. The summed E-state index contributed by atoms with van der Waals surface area (Å²) >= 11 is 0. The summed E-state index contributed by atoms with van der Waals surface area (Å²) in [5.41, 5.74) is 0.795. The number of imide groups is 1. The molecule has 0 bridgehead atoms. The third-order valence-electron chi connectivity index (χ3n) is 5.16. The summed E-state index contributed by atoms with van der Waals surface area (Å²) < 4.78 is 0. The number of H-pyrrole nitrogens is 1. The van der Waals surface area contributed by atoms with Gasteiger partial charge in [0.15, 0.2) is 5.54 Å². The minimum absolute atomic E-state index is 0.0289. The number of carbonyl (C=O) groups is 2. The zero-order valence-electron chi connectivity index (χ0n) is 13.7. The number of carbonyl (C=O) groups excluding carboxylic acids is 2. The van der Waals surface area contributed by atoms with Crippen LogP contribution in [0.5, 0.6) is 0 Å². The zero-order chi connectivity index (χ0) is 17.3. The Balaban J connectivity index is 1.54. The van der Waals surface area contributed by atoms with Crippen molar-refractivity contribution in [3.63, 3.8) is 0 Å². The highest BCUT2D eigenvalue weighted by Gasteiger charge is 2.53. The van der Waals surface area contributed by atoms with Gasteiger partial charge in [-0.1, -0.05) is 6.07 Å². The van der Waals surface area contributed by atoms with Gasteiger partial charge in [0.1, 0.15) is 0 Å². The van der Waals surface area contributed by atoms with Crippen molar-refractivity contribution < 1.29 is 9.59 Å². The molecule has 0 aromatic carbocycles. The van der Waals surface area contributed by atoms with Gasteiger partial charge in [0.25, 0.3) is 5.91 Å². The molecule has 25 heavy (non-hydrogen) atoms. The SMILES string of the molecule is O=C1NC(=O)[C@](c2cccnc2)(C2CCN(Cc3cnc[nH]3)CC2)N1. The maximum Gasteiger partial charge on any atom is 0.322 e. The summed E-state index contributed by atoms with van der Waals surface area (Å²) in [5.74, 6) is -0.251. The van der Waals surface area contributed by atoms with Crippen LogP contribution in [0.25, 0.3) is 0 Å². The molecule has 1 atom stereocenters. The summed E-state index contributed by atoms with van der Waals surface area (Å²) in [7, 11) is 0. The fourth-order valence-electron chi connectivity index (χ4n) is 3.93. The molecule has 0 radical (unpaired) electrons. The van der Waals surface area contributed by atoms with Gasteiger partial charge in [-0.05, 0) is 37.9 Å². The van der Waals surface area contributed by atoms with Crippen LogP contribution in [-0.2, 0) is 16.9 Å². The second-order valence-corrected chi connectivity index (χ2v) is 6.59. The number of likely N-dealkylation sites (tertiary alicyclic amines) is 1. The van der Waals surface area contributed by atoms with Crippen LogP contribution in [0.2, 0.25) is 0 Å². The van der Waals surface area contributed by atoms with E-state index in [0.29, 0.717) is 0 Å². The van der Waals surface area contributed by atoms with Crippen molar-refractivity contribution in [2.75, 3.05) is 13.1 Å². The van der Waals surface area contributed by atoms with Gasteiger partial charge in [0.2, 0.25) is 0 Å². The van der Waals surface area contributed by atoms with Crippen molar-refractivity contribution in [3.8, 4) is 0 Å².